The van der Waals surface area contributed by atoms with Gasteiger partial charge < -0.3 is 19.5 Å². The molecule has 22 heavy (non-hydrogen) atoms. The van der Waals surface area contributed by atoms with Crippen LogP contribution in [-0.4, -0.2) is 48.9 Å². The third-order valence-electron chi connectivity index (χ3n) is 6.08. The standard InChI is InChI=1S/C18H21NO3/c1-19-8-7-18-11-4-5-13(20)17(18)22-16-14(21-2)6-3-10(15(16)18)9-12(11)19/h3-6,11-13,17,20H,7-9H2,1-2H3/t11-,12+,13-,17-,18-/m0/s1/i1+1D3. The molecule has 4 heteroatoms. The monoisotopic (exact) mass is 303 g/mol. The van der Waals surface area contributed by atoms with Gasteiger partial charge in [0.15, 0.2) is 11.5 Å². The molecule has 116 valence electrons. The molecule has 5 rings (SSSR count). The molecule has 2 aliphatic heterocycles. The number of ether oxygens (including phenoxy) is 2. The lowest BCUT2D eigenvalue weighted by atomic mass is 9.53. The zero-order valence-electron chi connectivity index (χ0n) is 15.5. The first kappa shape index (κ1) is 10.3. The third-order valence-corrected chi connectivity index (χ3v) is 6.08. The Kier molecular flexibility index (Phi) is 1.90. The second-order valence-electron chi connectivity index (χ2n) is 6.83. The predicted molar refractivity (Wildman–Crippen MR) is 82.5 cm³/mol. The van der Waals surface area contributed by atoms with E-state index in [1.165, 1.54) is 0 Å². The Labute approximate surface area is 134 Å². The molecule has 0 amide bonds. The highest BCUT2D eigenvalue weighted by Gasteiger charge is 2.64. The van der Waals surface area contributed by atoms with Gasteiger partial charge >= 0.3 is 0 Å². The highest BCUT2D eigenvalue weighted by atomic mass is 16.5. The van der Waals surface area contributed by atoms with Crippen molar-refractivity contribution in [2.75, 3.05) is 20.6 Å². The zero-order chi connectivity index (χ0) is 17.6. The maximum atomic E-state index is 10.6. The van der Waals surface area contributed by atoms with E-state index >= 15 is 0 Å². The fourth-order valence-corrected chi connectivity index (χ4v) is 5.21. The summed E-state index contributed by atoms with van der Waals surface area (Å²) in [6.45, 7) is -1.63. The summed E-state index contributed by atoms with van der Waals surface area (Å²) in [6.07, 6.45) is 4.05. The lowest BCUT2D eigenvalue weighted by molar-refractivity contribution is -0.0453. The molecule has 5 atom stereocenters. The Morgan fingerprint density at radius 1 is 1.45 bits per heavy atom. The first-order chi connectivity index (χ1) is 11.9. The van der Waals surface area contributed by atoms with Crippen LogP contribution in [0.5, 0.6) is 11.5 Å². The number of hydrogen-bond donors (Lipinski definition) is 1. The Hall–Kier alpha value is -1.52. The predicted octanol–water partition coefficient (Wildman–Crippen LogP) is 1.50. The molecule has 0 aromatic heterocycles. The minimum absolute atomic E-state index is 0.0240. The quantitative estimate of drug-likeness (QED) is 0.631. The van der Waals surface area contributed by atoms with E-state index < -0.39 is 13.1 Å². The van der Waals surface area contributed by atoms with Gasteiger partial charge in [0.05, 0.1) is 7.11 Å². The summed E-state index contributed by atoms with van der Waals surface area (Å²) in [7, 11) is 1.62. The molecule has 1 aromatic carbocycles. The van der Waals surface area contributed by atoms with Crippen LogP contribution in [0.25, 0.3) is 0 Å². The molecule has 1 fully saturated rings. The molecule has 1 spiro atoms. The number of rotatable bonds is 1. The zero-order valence-corrected chi connectivity index (χ0v) is 12.5. The second kappa shape index (κ2) is 4.06. The topological polar surface area (TPSA) is 41.9 Å². The van der Waals surface area contributed by atoms with Gasteiger partial charge in [-0.1, -0.05) is 18.2 Å². The van der Waals surface area contributed by atoms with Crippen LogP contribution < -0.4 is 9.47 Å². The van der Waals surface area contributed by atoms with Gasteiger partial charge in [0.25, 0.3) is 0 Å². The smallest absolute Gasteiger partial charge is 0.165 e. The molecule has 0 saturated carbocycles. The van der Waals surface area contributed by atoms with Crippen molar-refractivity contribution in [3.8, 4) is 11.5 Å². The molecule has 2 heterocycles. The van der Waals surface area contributed by atoms with Gasteiger partial charge in [0, 0.05) is 27.1 Å². The van der Waals surface area contributed by atoms with E-state index in [-0.39, 0.29) is 23.5 Å². The summed E-state index contributed by atoms with van der Waals surface area (Å²) in [4.78, 5) is 1.66. The van der Waals surface area contributed by atoms with E-state index in [0.29, 0.717) is 25.1 Å². The normalized spacial score (nSPS) is 43.6. The SMILES string of the molecule is [2H][13C]([2H])([2H])N1CC[C@]23c4c5ccc(OC)c4O[C@H]2[C@@H](O)C=C[C@H]3[C@H]1C5. The molecule has 2 aliphatic carbocycles. The number of benzene rings is 1. The van der Waals surface area contributed by atoms with Gasteiger partial charge in [0.1, 0.15) is 12.2 Å². The highest BCUT2D eigenvalue weighted by molar-refractivity contribution is 5.62. The number of piperidine rings is 1. The van der Waals surface area contributed by atoms with E-state index in [1.54, 1.807) is 18.1 Å². The Bertz CT molecular complexity index is 778. The maximum absolute atomic E-state index is 10.6. The lowest BCUT2D eigenvalue weighted by Crippen LogP contribution is -2.64. The number of methoxy groups -OCH3 is 1. The molecule has 0 radical (unpaired) electrons. The molecule has 1 N–H and O–H groups in total. The minimum atomic E-state index is -2.11. The number of aliphatic hydroxyl groups is 1. The van der Waals surface area contributed by atoms with Crippen LogP contribution in [0.3, 0.4) is 0 Å². The first-order valence-electron chi connectivity index (χ1n) is 9.38. The third kappa shape index (κ3) is 1.28. The number of hydrogen-bond acceptors (Lipinski definition) is 4. The average Bonchev–Trinajstić information content (AvgIpc) is 2.89. The molecule has 1 saturated heterocycles. The van der Waals surface area contributed by atoms with Crippen molar-refractivity contribution in [2.24, 2.45) is 5.92 Å². The number of nitrogens with zero attached hydrogens (tertiary/aromatic N) is 1. The summed E-state index contributed by atoms with van der Waals surface area (Å²) in [5, 5.41) is 10.6. The Morgan fingerprint density at radius 3 is 3.18 bits per heavy atom. The molecular weight excluding hydrogens is 279 g/mol. The molecule has 1 aromatic rings. The fourth-order valence-electron chi connectivity index (χ4n) is 5.21. The summed E-state index contributed by atoms with van der Waals surface area (Å²) >= 11 is 0. The van der Waals surface area contributed by atoms with Gasteiger partial charge in [-0.2, -0.15) is 0 Å². The fraction of sp³-hybridized carbons (Fsp3) is 0.556. The minimum Gasteiger partial charge on any atom is -0.493 e. The van der Waals surface area contributed by atoms with Crippen molar-refractivity contribution in [3.05, 3.63) is 35.4 Å². The average molecular weight is 303 g/mol. The molecule has 4 nitrogen and oxygen atoms in total. The molecule has 4 aliphatic rings. The van der Waals surface area contributed by atoms with Crippen molar-refractivity contribution in [3.63, 3.8) is 0 Å². The Balaban J connectivity index is 1.75. The largest absolute Gasteiger partial charge is 0.493 e. The van der Waals surface area contributed by atoms with Crippen molar-refractivity contribution in [2.45, 2.75) is 36.5 Å². The van der Waals surface area contributed by atoms with Crippen LogP contribution in [0.4, 0.5) is 0 Å². The maximum Gasteiger partial charge on any atom is 0.165 e. The first-order valence-corrected chi connectivity index (χ1v) is 7.88. The molecule has 2 bridgehead atoms. The van der Waals surface area contributed by atoms with Crippen LogP contribution in [0.1, 0.15) is 21.7 Å². The summed E-state index contributed by atoms with van der Waals surface area (Å²) in [6, 6.07) is 3.81. The van der Waals surface area contributed by atoms with E-state index in [1.807, 2.05) is 18.2 Å². The number of likely N-dealkylation sites (N-methyl/N-ethyl adjacent to an activating group) is 1. The van der Waals surface area contributed by atoms with Crippen molar-refractivity contribution >= 4 is 0 Å². The molecular formula is C18H21NO3. The van der Waals surface area contributed by atoms with Gasteiger partial charge in [0.2, 0.25) is 0 Å². The van der Waals surface area contributed by atoms with Gasteiger partial charge in [-0.25, -0.2) is 0 Å². The van der Waals surface area contributed by atoms with Gasteiger partial charge in [-0.3, -0.25) is 0 Å². The van der Waals surface area contributed by atoms with Crippen LogP contribution in [0.15, 0.2) is 24.3 Å². The summed E-state index contributed by atoms with van der Waals surface area (Å²) in [5.41, 5.74) is 1.89. The second-order valence-corrected chi connectivity index (χ2v) is 6.83. The number of likely N-dealkylation sites (tertiary alicyclic amines) is 1. The molecule has 0 unspecified atom stereocenters. The van der Waals surface area contributed by atoms with Crippen LogP contribution in [0, 0.1) is 5.92 Å². The van der Waals surface area contributed by atoms with Crippen LogP contribution >= 0.6 is 0 Å². The van der Waals surface area contributed by atoms with Crippen molar-refractivity contribution in [1.82, 2.24) is 4.90 Å². The Morgan fingerprint density at radius 2 is 2.36 bits per heavy atom. The van der Waals surface area contributed by atoms with E-state index in [0.717, 1.165) is 16.9 Å². The van der Waals surface area contributed by atoms with Crippen molar-refractivity contribution < 1.29 is 18.7 Å². The van der Waals surface area contributed by atoms with Crippen LogP contribution in [0.2, 0.25) is 0 Å². The van der Waals surface area contributed by atoms with Crippen LogP contribution in [-0.2, 0) is 11.8 Å². The van der Waals surface area contributed by atoms with Crippen molar-refractivity contribution in [1.29, 1.82) is 0 Å². The number of aliphatic hydroxyl groups excluding tert-OH is 1. The van der Waals surface area contributed by atoms with E-state index in [2.05, 4.69) is 0 Å². The highest BCUT2D eigenvalue weighted by Crippen LogP contribution is 2.62. The van der Waals surface area contributed by atoms with Gasteiger partial charge in [-0.15, -0.1) is 0 Å². The van der Waals surface area contributed by atoms with Gasteiger partial charge in [-0.05, 0) is 38.0 Å². The van der Waals surface area contributed by atoms with E-state index in [9.17, 15) is 5.11 Å². The summed E-state index contributed by atoms with van der Waals surface area (Å²) < 4.78 is 35.6. The summed E-state index contributed by atoms with van der Waals surface area (Å²) in [5.74, 6) is 1.44. The van der Waals surface area contributed by atoms with E-state index in [4.69, 9.17) is 13.6 Å². The lowest BCUT2D eigenvalue weighted by Gasteiger charge is -2.56.